The molecular formula is C24H36O5. The second kappa shape index (κ2) is 11.9. The Morgan fingerprint density at radius 1 is 0.966 bits per heavy atom. The van der Waals surface area contributed by atoms with E-state index >= 15 is 0 Å². The first kappa shape index (κ1) is 23.3. The average molecular weight is 405 g/mol. The van der Waals surface area contributed by atoms with E-state index in [4.69, 9.17) is 4.74 Å². The van der Waals surface area contributed by atoms with Gasteiger partial charge in [-0.3, -0.25) is 4.79 Å². The fourth-order valence-electron chi connectivity index (χ4n) is 3.77. The number of benzene rings is 1. The van der Waals surface area contributed by atoms with Crippen molar-refractivity contribution in [2.75, 3.05) is 0 Å². The van der Waals surface area contributed by atoms with E-state index in [0.717, 1.165) is 25.3 Å². The van der Waals surface area contributed by atoms with Gasteiger partial charge >= 0.3 is 0 Å². The summed E-state index contributed by atoms with van der Waals surface area (Å²) in [4.78, 5) is 12.3. The fraction of sp³-hybridized carbons (Fsp3) is 0.625. The van der Waals surface area contributed by atoms with Crippen molar-refractivity contribution in [1.82, 2.24) is 0 Å². The SMILES string of the molecule is CCCC/C=C/CCCCCCCCCC1(O)CC(=O)c2c(O)cc(O)cc2O1. The van der Waals surface area contributed by atoms with Crippen LogP contribution in [0.5, 0.6) is 17.2 Å². The van der Waals surface area contributed by atoms with Crippen LogP contribution in [0.2, 0.25) is 0 Å². The van der Waals surface area contributed by atoms with Crippen LogP contribution in [0.4, 0.5) is 0 Å². The van der Waals surface area contributed by atoms with Gasteiger partial charge in [-0.15, -0.1) is 0 Å². The van der Waals surface area contributed by atoms with Gasteiger partial charge in [0.2, 0.25) is 5.79 Å². The number of aliphatic hydroxyl groups is 1. The number of hydrogen-bond donors (Lipinski definition) is 3. The summed E-state index contributed by atoms with van der Waals surface area (Å²) >= 11 is 0. The molecule has 29 heavy (non-hydrogen) atoms. The van der Waals surface area contributed by atoms with E-state index in [1.807, 2.05) is 0 Å². The second-order valence-electron chi connectivity index (χ2n) is 8.11. The fourth-order valence-corrected chi connectivity index (χ4v) is 3.77. The maximum absolute atomic E-state index is 12.3. The van der Waals surface area contributed by atoms with Crippen LogP contribution in [0.15, 0.2) is 24.3 Å². The minimum atomic E-state index is -1.56. The third kappa shape index (κ3) is 7.73. The first-order valence-electron chi connectivity index (χ1n) is 11.1. The Kier molecular flexibility index (Phi) is 9.52. The monoisotopic (exact) mass is 404 g/mol. The minimum Gasteiger partial charge on any atom is -0.508 e. The standard InChI is InChI=1S/C24H36O5/c1-2-3-4-5-6-7-8-9-10-11-12-13-14-15-24(28)18-21(27)23-20(26)16-19(25)17-22(23)29-24/h5-6,16-17,25-26,28H,2-4,7-15,18H2,1H3/b6-5+. The lowest BCUT2D eigenvalue weighted by atomic mass is 9.93. The highest BCUT2D eigenvalue weighted by atomic mass is 16.6. The quantitative estimate of drug-likeness (QED) is 0.277. The highest BCUT2D eigenvalue weighted by Crippen LogP contribution is 2.41. The molecule has 0 spiro atoms. The Labute approximate surface area is 174 Å². The van der Waals surface area contributed by atoms with Crippen molar-refractivity contribution >= 4 is 5.78 Å². The van der Waals surface area contributed by atoms with Gasteiger partial charge in [0, 0.05) is 18.6 Å². The first-order valence-corrected chi connectivity index (χ1v) is 11.1. The summed E-state index contributed by atoms with van der Waals surface area (Å²) in [5.41, 5.74) is 0.0349. The van der Waals surface area contributed by atoms with Crippen LogP contribution in [-0.2, 0) is 0 Å². The zero-order valence-electron chi connectivity index (χ0n) is 17.7. The van der Waals surface area contributed by atoms with Crippen LogP contribution in [0.25, 0.3) is 0 Å². The van der Waals surface area contributed by atoms with Crippen LogP contribution >= 0.6 is 0 Å². The molecular weight excluding hydrogens is 368 g/mol. The third-order valence-corrected chi connectivity index (χ3v) is 5.41. The largest absolute Gasteiger partial charge is 0.508 e. The number of ketones is 1. The molecule has 3 N–H and O–H groups in total. The van der Waals surface area contributed by atoms with E-state index in [0.29, 0.717) is 6.42 Å². The lowest BCUT2D eigenvalue weighted by molar-refractivity contribution is -0.145. The molecule has 1 heterocycles. The molecule has 0 bridgehead atoms. The summed E-state index contributed by atoms with van der Waals surface area (Å²) in [6, 6.07) is 2.36. The molecule has 1 unspecified atom stereocenters. The second-order valence-corrected chi connectivity index (χ2v) is 8.11. The van der Waals surface area contributed by atoms with E-state index < -0.39 is 5.79 Å². The van der Waals surface area contributed by atoms with E-state index in [-0.39, 0.29) is 35.0 Å². The lowest BCUT2D eigenvalue weighted by Gasteiger charge is -2.33. The molecule has 2 rings (SSSR count). The number of fused-ring (bicyclic) bond motifs is 1. The third-order valence-electron chi connectivity index (χ3n) is 5.41. The van der Waals surface area contributed by atoms with Gasteiger partial charge in [0.25, 0.3) is 0 Å². The molecule has 162 valence electrons. The van der Waals surface area contributed by atoms with Crippen molar-refractivity contribution in [1.29, 1.82) is 0 Å². The van der Waals surface area contributed by atoms with Crippen LogP contribution in [0, 0.1) is 0 Å². The maximum atomic E-state index is 12.3. The molecule has 0 aromatic heterocycles. The van der Waals surface area contributed by atoms with Crippen LogP contribution in [0.3, 0.4) is 0 Å². The van der Waals surface area contributed by atoms with E-state index in [1.54, 1.807) is 0 Å². The summed E-state index contributed by atoms with van der Waals surface area (Å²) in [5, 5.41) is 30.1. The molecule has 0 fully saturated rings. The normalized spacial score (nSPS) is 18.8. The summed E-state index contributed by atoms with van der Waals surface area (Å²) in [7, 11) is 0. The number of phenolic OH excluding ortho intramolecular Hbond substituents is 2. The predicted molar refractivity (Wildman–Crippen MR) is 115 cm³/mol. The van der Waals surface area contributed by atoms with Crippen molar-refractivity contribution in [3.8, 4) is 17.2 Å². The molecule has 1 aliphatic rings. The van der Waals surface area contributed by atoms with Gasteiger partial charge in [0.1, 0.15) is 22.8 Å². The minimum absolute atomic E-state index is 0.0349. The number of carbonyl (C=O) groups excluding carboxylic acids is 1. The Balaban J connectivity index is 1.60. The summed E-state index contributed by atoms with van der Waals surface area (Å²) < 4.78 is 5.57. The first-order chi connectivity index (χ1) is 13.9. The van der Waals surface area contributed by atoms with Crippen molar-refractivity contribution in [2.45, 2.75) is 96.2 Å². The van der Waals surface area contributed by atoms with E-state index in [9.17, 15) is 20.1 Å². The molecule has 1 aromatic carbocycles. The van der Waals surface area contributed by atoms with Crippen LogP contribution in [0.1, 0.15) is 101 Å². The molecule has 5 heteroatoms. The van der Waals surface area contributed by atoms with Gasteiger partial charge in [-0.05, 0) is 25.7 Å². The molecule has 1 atom stereocenters. The Morgan fingerprint density at radius 2 is 1.59 bits per heavy atom. The number of ether oxygens (including phenoxy) is 1. The van der Waals surface area contributed by atoms with Gasteiger partial charge in [-0.1, -0.05) is 64.0 Å². The molecule has 0 saturated carbocycles. The Bertz CT molecular complexity index is 682. The topological polar surface area (TPSA) is 87.0 Å². The molecule has 0 saturated heterocycles. The number of Topliss-reactive ketones (excluding diaryl/α,β-unsaturated/α-hetero) is 1. The number of rotatable bonds is 13. The number of allylic oxidation sites excluding steroid dienone is 2. The van der Waals surface area contributed by atoms with Gasteiger partial charge in [0.15, 0.2) is 5.78 Å². The van der Waals surface area contributed by atoms with Gasteiger partial charge in [-0.2, -0.15) is 0 Å². The van der Waals surface area contributed by atoms with Gasteiger partial charge < -0.3 is 20.1 Å². The highest BCUT2D eigenvalue weighted by Gasteiger charge is 2.39. The van der Waals surface area contributed by atoms with Gasteiger partial charge in [0.05, 0.1) is 6.42 Å². The molecule has 0 radical (unpaired) electrons. The van der Waals surface area contributed by atoms with E-state index in [1.165, 1.54) is 57.4 Å². The number of unbranched alkanes of at least 4 members (excludes halogenated alkanes) is 9. The lowest BCUT2D eigenvalue weighted by Crippen LogP contribution is -2.41. The zero-order valence-corrected chi connectivity index (χ0v) is 17.7. The molecule has 0 aliphatic carbocycles. The molecule has 1 aromatic rings. The average Bonchev–Trinajstić information content (AvgIpc) is 2.64. The smallest absolute Gasteiger partial charge is 0.215 e. The summed E-state index contributed by atoms with van der Waals surface area (Å²) in [5.74, 6) is -2.40. The summed E-state index contributed by atoms with van der Waals surface area (Å²) in [6.45, 7) is 2.21. The summed E-state index contributed by atoms with van der Waals surface area (Å²) in [6.07, 6.45) is 17.5. The molecule has 5 nitrogen and oxygen atoms in total. The number of aromatic hydroxyl groups is 2. The number of hydrogen-bond acceptors (Lipinski definition) is 5. The Morgan fingerprint density at radius 3 is 2.28 bits per heavy atom. The number of phenols is 2. The highest BCUT2D eigenvalue weighted by molar-refractivity contribution is 6.02. The van der Waals surface area contributed by atoms with Crippen molar-refractivity contribution < 1.29 is 24.9 Å². The van der Waals surface area contributed by atoms with Gasteiger partial charge in [-0.25, -0.2) is 0 Å². The van der Waals surface area contributed by atoms with E-state index in [2.05, 4.69) is 19.1 Å². The molecule has 0 amide bonds. The van der Waals surface area contributed by atoms with Crippen LogP contribution < -0.4 is 4.74 Å². The Hall–Kier alpha value is -2.01. The maximum Gasteiger partial charge on any atom is 0.215 e. The van der Waals surface area contributed by atoms with Crippen molar-refractivity contribution in [3.63, 3.8) is 0 Å². The van der Waals surface area contributed by atoms with Crippen molar-refractivity contribution in [2.24, 2.45) is 0 Å². The zero-order chi connectivity index (χ0) is 21.1. The van der Waals surface area contributed by atoms with Crippen LogP contribution in [-0.4, -0.2) is 26.9 Å². The predicted octanol–water partition coefficient (Wildman–Crippen LogP) is 6.01. The van der Waals surface area contributed by atoms with Crippen molar-refractivity contribution in [3.05, 3.63) is 29.8 Å². The molecule has 1 aliphatic heterocycles. The number of carbonyl (C=O) groups is 1.